The van der Waals surface area contributed by atoms with Crippen molar-refractivity contribution < 1.29 is 0 Å². The zero-order valence-corrected chi connectivity index (χ0v) is 8.40. The average Bonchev–Trinajstić information content (AvgIpc) is 2.49. The molecule has 0 aromatic carbocycles. The van der Waals surface area contributed by atoms with Crippen LogP contribution in [-0.2, 0) is 0 Å². The quantitative estimate of drug-likeness (QED) is 0.671. The molecule has 0 radical (unpaired) electrons. The highest BCUT2D eigenvalue weighted by Gasteiger charge is 2.28. The van der Waals surface area contributed by atoms with Gasteiger partial charge in [-0.15, -0.1) is 0 Å². The van der Waals surface area contributed by atoms with Crippen molar-refractivity contribution in [1.82, 2.24) is 5.32 Å². The van der Waals surface area contributed by atoms with Crippen LogP contribution in [0.4, 0.5) is 0 Å². The van der Waals surface area contributed by atoms with Crippen LogP contribution in [0.2, 0.25) is 0 Å². The smallest absolute Gasteiger partial charge is 0.0162 e. The fraction of sp³-hybridized carbons (Fsp3) is 1.00. The van der Waals surface area contributed by atoms with Gasteiger partial charge in [0.15, 0.2) is 0 Å². The molecule has 72 valence electrons. The number of nitrogens with one attached hydrogen (secondary N) is 1. The van der Waals surface area contributed by atoms with Gasteiger partial charge in [0.25, 0.3) is 0 Å². The molecule has 0 aliphatic heterocycles. The van der Waals surface area contributed by atoms with Gasteiger partial charge in [-0.2, -0.15) is 0 Å². The van der Waals surface area contributed by atoms with Crippen molar-refractivity contribution in [3.05, 3.63) is 0 Å². The highest BCUT2D eigenvalue weighted by atomic mass is 14.9. The van der Waals surface area contributed by atoms with E-state index in [4.69, 9.17) is 5.73 Å². The number of nitrogens with two attached hydrogens (primary N) is 1. The maximum absolute atomic E-state index is 5.54. The Balaban J connectivity index is 2.21. The van der Waals surface area contributed by atoms with E-state index in [0.29, 0.717) is 11.5 Å². The summed E-state index contributed by atoms with van der Waals surface area (Å²) < 4.78 is 0. The van der Waals surface area contributed by atoms with Crippen molar-refractivity contribution in [2.45, 2.75) is 45.6 Å². The first-order valence-corrected chi connectivity index (χ1v) is 5.10. The van der Waals surface area contributed by atoms with E-state index >= 15 is 0 Å². The van der Waals surface area contributed by atoms with Crippen molar-refractivity contribution in [3.8, 4) is 0 Å². The maximum atomic E-state index is 5.54. The van der Waals surface area contributed by atoms with Crippen LogP contribution in [0.1, 0.15) is 39.5 Å². The van der Waals surface area contributed by atoms with Gasteiger partial charge < -0.3 is 11.1 Å². The van der Waals surface area contributed by atoms with E-state index in [1.165, 1.54) is 25.7 Å². The van der Waals surface area contributed by atoms with Crippen molar-refractivity contribution in [2.75, 3.05) is 13.1 Å². The molecule has 3 N–H and O–H groups in total. The molecule has 0 amide bonds. The second-order valence-corrected chi connectivity index (χ2v) is 4.54. The predicted molar refractivity (Wildman–Crippen MR) is 53.1 cm³/mol. The standard InChI is InChI=1S/C10H22N2/c1-9(7-11)12-8-10(2)5-3-4-6-10/h9,12H,3-8,11H2,1-2H3/t9-/m0/s1. The van der Waals surface area contributed by atoms with E-state index in [0.717, 1.165) is 13.1 Å². The van der Waals surface area contributed by atoms with Gasteiger partial charge in [-0.05, 0) is 25.2 Å². The van der Waals surface area contributed by atoms with Crippen LogP contribution >= 0.6 is 0 Å². The fourth-order valence-corrected chi connectivity index (χ4v) is 1.91. The number of hydrogen-bond acceptors (Lipinski definition) is 2. The van der Waals surface area contributed by atoms with Gasteiger partial charge in [0.05, 0.1) is 0 Å². The normalized spacial score (nSPS) is 24.2. The summed E-state index contributed by atoms with van der Waals surface area (Å²) >= 11 is 0. The second kappa shape index (κ2) is 4.24. The van der Waals surface area contributed by atoms with E-state index in [2.05, 4.69) is 19.2 Å². The lowest BCUT2D eigenvalue weighted by atomic mass is 9.89. The zero-order chi connectivity index (χ0) is 9.03. The van der Waals surface area contributed by atoms with Crippen LogP contribution in [0.15, 0.2) is 0 Å². The molecule has 12 heavy (non-hydrogen) atoms. The Morgan fingerprint density at radius 1 is 1.42 bits per heavy atom. The average molecular weight is 170 g/mol. The fourth-order valence-electron chi connectivity index (χ4n) is 1.91. The zero-order valence-electron chi connectivity index (χ0n) is 8.40. The molecule has 1 aliphatic carbocycles. The monoisotopic (exact) mass is 170 g/mol. The van der Waals surface area contributed by atoms with Gasteiger partial charge in [0, 0.05) is 19.1 Å². The molecule has 1 rings (SSSR count). The third-order valence-electron chi connectivity index (χ3n) is 3.04. The first-order valence-electron chi connectivity index (χ1n) is 5.10. The second-order valence-electron chi connectivity index (χ2n) is 4.54. The van der Waals surface area contributed by atoms with E-state index in [-0.39, 0.29) is 0 Å². The minimum Gasteiger partial charge on any atom is -0.329 e. The van der Waals surface area contributed by atoms with Gasteiger partial charge in [-0.3, -0.25) is 0 Å². The SMILES string of the molecule is C[C@@H](CN)NCC1(C)CCCC1. The van der Waals surface area contributed by atoms with Crippen LogP contribution in [0.25, 0.3) is 0 Å². The van der Waals surface area contributed by atoms with Gasteiger partial charge >= 0.3 is 0 Å². The highest BCUT2D eigenvalue weighted by molar-refractivity contribution is 4.83. The molecule has 2 nitrogen and oxygen atoms in total. The molecule has 1 fully saturated rings. The van der Waals surface area contributed by atoms with Crippen LogP contribution in [0.5, 0.6) is 0 Å². The Kier molecular flexibility index (Phi) is 3.53. The van der Waals surface area contributed by atoms with Crippen LogP contribution in [-0.4, -0.2) is 19.1 Å². The summed E-state index contributed by atoms with van der Waals surface area (Å²) in [5.41, 5.74) is 6.10. The topological polar surface area (TPSA) is 38.0 Å². The molecule has 1 aliphatic rings. The van der Waals surface area contributed by atoms with Gasteiger partial charge in [0.1, 0.15) is 0 Å². The van der Waals surface area contributed by atoms with Gasteiger partial charge in [-0.1, -0.05) is 19.8 Å². The van der Waals surface area contributed by atoms with Gasteiger partial charge in [-0.25, -0.2) is 0 Å². The molecule has 0 bridgehead atoms. The van der Waals surface area contributed by atoms with Crippen molar-refractivity contribution in [2.24, 2.45) is 11.1 Å². The summed E-state index contributed by atoms with van der Waals surface area (Å²) in [6.07, 6.45) is 5.60. The third kappa shape index (κ3) is 2.76. The lowest BCUT2D eigenvalue weighted by molar-refractivity contribution is 0.302. The summed E-state index contributed by atoms with van der Waals surface area (Å²) in [6, 6.07) is 0.474. The first kappa shape index (κ1) is 10.0. The van der Waals surface area contributed by atoms with Crippen LogP contribution < -0.4 is 11.1 Å². The number of rotatable bonds is 4. The maximum Gasteiger partial charge on any atom is 0.0162 e. The van der Waals surface area contributed by atoms with Crippen LogP contribution in [0.3, 0.4) is 0 Å². The van der Waals surface area contributed by atoms with Crippen molar-refractivity contribution in [3.63, 3.8) is 0 Å². The molecule has 0 spiro atoms. The molecule has 0 aromatic heterocycles. The largest absolute Gasteiger partial charge is 0.329 e. The summed E-state index contributed by atoms with van der Waals surface area (Å²) in [6.45, 7) is 6.43. The van der Waals surface area contributed by atoms with E-state index in [9.17, 15) is 0 Å². The third-order valence-corrected chi connectivity index (χ3v) is 3.04. The summed E-state index contributed by atoms with van der Waals surface area (Å²) in [5.74, 6) is 0. The summed E-state index contributed by atoms with van der Waals surface area (Å²) in [7, 11) is 0. The molecule has 0 saturated heterocycles. The molecule has 1 atom stereocenters. The van der Waals surface area contributed by atoms with Gasteiger partial charge in [0.2, 0.25) is 0 Å². The Morgan fingerprint density at radius 2 is 2.00 bits per heavy atom. The number of hydrogen-bond donors (Lipinski definition) is 2. The predicted octanol–water partition coefficient (Wildman–Crippen LogP) is 1.50. The lowest BCUT2D eigenvalue weighted by Gasteiger charge is -2.25. The molecule has 1 saturated carbocycles. The van der Waals surface area contributed by atoms with Crippen LogP contribution in [0, 0.1) is 5.41 Å². The Labute approximate surface area is 75.9 Å². The Hall–Kier alpha value is -0.0800. The molecule has 0 heterocycles. The van der Waals surface area contributed by atoms with E-state index in [1.807, 2.05) is 0 Å². The Morgan fingerprint density at radius 3 is 2.50 bits per heavy atom. The minimum absolute atomic E-state index is 0.474. The summed E-state index contributed by atoms with van der Waals surface area (Å²) in [5, 5.41) is 3.49. The first-order chi connectivity index (χ1) is 5.66. The van der Waals surface area contributed by atoms with E-state index < -0.39 is 0 Å². The lowest BCUT2D eigenvalue weighted by Crippen LogP contribution is -2.39. The minimum atomic E-state index is 0.474. The molecular weight excluding hydrogens is 148 g/mol. The van der Waals surface area contributed by atoms with E-state index in [1.54, 1.807) is 0 Å². The molecular formula is C10H22N2. The summed E-state index contributed by atoms with van der Waals surface area (Å²) in [4.78, 5) is 0. The molecule has 2 heteroatoms. The highest BCUT2D eigenvalue weighted by Crippen LogP contribution is 2.36. The molecule has 0 aromatic rings. The molecule has 0 unspecified atom stereocenters. The van der Waals surface area contributed by atoms with Crippen molar-refractivity contribution >= 4 is 0 Å². The van der Waals surface area contributed by atoms with Crippen molar-refractivity contribution in [1.29, 1.82) is 0 Å². The Bertz CT molecular complexity index is 128.